The van der Waals surface area contributed by atoms with Crippen LogP contribution in [-0.2, 0) is 11.2 Å². The first-order valence-electron chi connectivity index (χ1n) is 7.14. The van der Waals surface area contributed by atoms with Crippen LogP contribution < -0.4 is 10.6 Å². The first-order valence-corrected chi connectivity index (χ1v) is 8.94. The number of thioether (sulfide) groups is 1. The van der Waals surface area contributed by atoms with Gasteiger partial charge in [-0.05, 0) is 24.5 Å². The van der Waals surface area contributed by atoms with Crippen LogP contribution in [0.25, 0.3) is 0 Å². The molecule has 0 radical (unpaired) electrons. The summed E-state index contributed by atoms with van der Waals surface area (Å²) >= 11 is 2.84. The number of hydrogen-bond acceptors (Lipinski definition) is 6. The highest BCUT2D eigenvalue weighted by molar-refractivity contribution is 8.01. The molecule has 0 aliphatic rings. The Labute approximate surface area is 138 Å². The number of hydrogen-bond donors (Lipinski definition) is 2. The first-order chi connectivity index (χ1) is 10.6. The van der Waals surface area contributed by atoms with Crippen LogP contribution in [0, 0.1) is 0 Å². The number of benzene rings is 1. The van der Waals surface area contributed by atoms with Gasteiger partial charge in [0.2, 0.25) is 11.0 Å². The summed E-state index contributed by atoms with van der Waals surface area (Å²) in [5.41, 5.74) is 2.42. The standard InChI is InChI=1S/C15H20N4OS2/c1-4-11-5-7-12(8-6-11)10(2)17-13(20)9-21-15-19-18-14(16-3)22-15/h5-8,10H,4,9H2,1-3H3,(H,16,18)(H,17,20)/t10-/m0/s1. The third-order valence-electron chi connectivity index (χ3n) is 3.21. The molecule has 0 saturated heterocycles. The van der Waals surface area contributed by atoms with Gasteiger partial charge in [0, 0.05) is 7.05 Å². The molecule has 0 spiro atoms. The quantitative estimate of drug-likeness (QED) is 0.761. The van der Waals surface area contributed by atoms with Crippen molar-refractivity contribution in [3.05, 3.63) is 35.4 Å². The minimum atomic E-state index is -0.00160. The lowest BCUT2D eigenvalue weighted by Gasteiger charge is -2.14. The first kappa shape index (κ1) is 16.8. The second-order valence-corrected chi connectivity index (χ2v) is 7.00. The number of nitrogens with one attached hydrogen (secondary N) is 2. The molecule has 0 aliphatic carbocycles. The molecule has 2 aromatic rings. The molecule has 1 amide bonds. The highest BCUT2D eigenvalue weighted by atomic mass is 32.2. The Morgan fingerprint density at radius 3 is 2.64 bits per heavy atom. The van der Waals surface area contributed by atoms with Crippen molar-refractivity contribution in [2.24, 2.45) is 0 Å². The van der Waals surface area contributed by atoms with Crippen LogP contribution in [0.5, 0.6) is 0 Å². The van der Waals surface area contributed by atoms with E-state index in [0.717, 1.165) is 21.5 Å². The number of carbonyl (C=O) groups is 1. The molecule has 5 nitrogen and oxygen atoms in total. The van der Waals surface area contributed by atoms with Crippen molar-refractivity contribution < 1.29 is 4.79 Å². The van der Waals surface area contributed by atoms with Crippen LogP contribution in [0.1, 0.15) is 31.0 Å². The maximum atomic E-state index is 12.0. The Morgan fingerprint density at radius 1 is 1.32 bits per heavy atom. The van der Waals surface area contributed by atoms with E-state index in [0.29, 0.717) is 5.75 Å². The van der Waals surface area contributed by atoms with Crippen molar-refractivity contribution >= 4 is 34.1 Å². The molecule has 0 saturated carbocycles. The van der Waals surface area contributed by atoms with Gasteiger partial charge in [0.25, 0.3) is 0 Å². The number of aromatic nitrogens is 2. The van der Waals surface area contributed by atoms with Crippen LogP contribution in [0.15, 0.2) is 28.6 Å². The minimum Gasteiger partial charge on any atom is -0.363 e. The maximum Gasteiger partial charge on any atom is 0.230 e. The number of amides is 1. The summed E-state index contributed by atoms with van der Waals surface area (Å²) in [5.74, 6) is 0.341. The Bertz CT molecular complexity index is 612. The molecule has 2 rings (SSSR count). The van der Waals surface area contributed by atoms with E-state index in [1.165, 1.54) is 28.7 Å². The second kappa shape index (κ2) is 8.14. The number of anilines is 1. The van der Waals surface area contributed by atoms with E-state index >= 15 is 0 Å². The van der Waals surface area contributed by atoms with Crippen LogP contribution in [0.4, 0.5) is 5.13 Å². The molecule has 1 aromatic carbocycles. The van der Waals surface area contributed by atoms with Crippen LogP contribution in [0.3, 0.4) is 0 Å². The summed E-state index contributed by atoms with van der Waals surface area (Å²) in [4.78, 5) is 12.0. The van der Waals surface area contributed by atoms with Gasteiger partial charge in [0.05, 0.1) is 11.8 Å². The van der Waals surface area contributed by atoms with E-state index in [1.54, 1.807) is 7.05 Å². The molecule has 118 valence electrons. The third-order valence-corrected chi connectivity index (χ3v) is 5.29. The Kier molecular flexibility index (Phi) is 6.21. The Hall–Kier alpha value is -1.60. The highest BCUT2D eigenvalue weighted by Crippen LogP contribution is 2.25. The van der Waals surface area contributed by atoms with Crippen molar-refractivity contribution in [1.29, 1.82) is 0 Å². The third kappa shape index (κ3) is 4.71. The van der Waals surface area contributed by atoms with Gasteiger partial charge in [-0.25, -0.2) is 0 Å². The zero-order valence-electron chi connectivity index (χ0n) is 12.9. The van der Waals surface area contributed by atoms with Crippen molar-refractivity contribution in [3.8, 4) is 0 Å². The SMILES string of the molecule is CCc1ccc([C@H](C)NC(=O)CSc2nnc(NC)s2)cc1. The Balaban J connectivity index is 1.82. The van der Waals surface area contributed by atoms with Crippen LogP contribution >= 0.6 is 23.1 Å². The molecule has 0 fully saturated rings. The largest absolute Gasteiger partial charge is 0.363 e. The molecule has 0 aliphatic heterocycles. The fourth-order valence-electron chi connectivity index (χ4n) is 1.90. The average molecular weight is 336 g/mol. The van der Waals surface area contributed by atoms with Gasteiger partial charge in [-0.1, -0.05) is 54.3 Å². The number of nitrogens with zero attached hydrogens (tertiary/aromatic N) is 2. The van der Waals surface area contributed by atoms with Gasteiger partial charge in [-0.2, -0.15) is 0 Å². The zero-order valence-corrected chi connectivity index (χ0v) is 14.6. The van der Waals surface area contributed by atoms with E-state index in [1.807, 2.05) is 6.92 Å². The normalized spacial score (nSPS) is 12.0. The van der Waals surface area contributed by atoms with Gasteiger partial charge in [-0.15, -0.1) is 10.2 Å². The van der Waals surface area contributed by atoms with Crippen molar-refractivity contribution in [3.63, 3.8) is 0 Å². The van der Waals surface area contributed by atoms with Gasteiger partial charge in [-0.3, -0.25) is 4.79 Å². The fourth-order valence-corrected chi connectivity index (χ4v) is 3.42. The van der Waals surface area contributed by atoms with Crippen molar-refractivity contribution in [2.45, 2.75) is 30.6 Å². The summed E-state index contributed by atoms with van der Waals surface area (Å²) in [7, 11) is 1.80. The molecule has 1 heterocycles. The smallest absolute Gasteiger partial charge is 0.230 e. The number of aryl methyl sites for hydroxylation is 1. The van der Waals surface area contributed by atoms with Crippen LogP contribution in [0.2, 0.25) is 0 Å². The molecule has 0 unspecified atom stereocenters. The molecular formula is C15H20N4OS2. The van der Waals surface area contributed by atoms with E-state index in [9.17, 15) is 4.79 Å². The molecule has 1 aromatic heterocycles. The van der Waals surface area contributed by atoms with Gasteiger partial charge in [0.15, 0.2) is 4.34 Å². The molecule has 7 heteroatoms. The van der Waals surface area contributed by atoms with E-state index < -0.39 is 0 Å². The number of carbonyl (C=O) groups excluding carboxylic acids is 1. The number of rotatable bonds is 7. The highest BCUT2D eigenvalue weighted by Gasteiger charge is 2.11. The lowest BCUT2D eigenvalue weighted by atomic mass is 10.1. The summed E-state index contributed by atoms with van der Waals surface area (Å²) in [6, 6.07) is 8.35. The topological polar surface area (TPSA) is 66.9 Å². The average Bonchev–Trinajstić information content (AvgIpc) is 3.01. The van der Waals surface area contributed by atoms with E-state index in [-0.39, 0.29) is 11.9 Å². The Morgan fingerprint density at radius 2 is 2.05 bits per heavy atom. The summed E-state index contributed by atoms with van der Waals surface area (Å²) in [5, 5.41) is 14.6. The van der Waals surface area contributed by atoms with Crippen molar-refractivity contribution in [2.75, 3.05) is 18.1 Å². The predicted molar refractivity (Wildman–Crippen MR) is 92.6 cm³/mol. The van der Waals surface area contributed by atoms with Gasteiger partial charge < -0.3 is 10.6 Å². The monoisotopic (exact) mass is 336 g/mol. The van der Waals surface area contributed by atoms with Gasteiger partial charge in [0.1, 0.15) is 0 Å². The summed E-state index contributed by atoms with van der Waals surface area (Å²) in [6.07, 6.45) is 1.02. The van der Waals surface area contributed by atoms with E-state index in [4.69, 9.17) is 0 Å². The lowest BCUT2D eigenvalue weighted by Crippen LogP contribution is -2.28. The van der Waals surface area contributed by atoms with Crippen LogP contribution in [-0.4, -0.2) is 28.9 Å². The van der Waals surface area contributed by atoms with Gasteiger partial charge >= 0.3 is 0 Å². The maximum absolute atomic E-state index is 12.0. The molecule has 22 heavy (non-hydrogen) atoms. The van der Waals surface area contributed by atoms with E-state index in [2.05, 4.69) is 52.0 Å². The van der Waals surface area contributed by atoms with Crippen molar-refractivity contribution in [1.82, 2.24) is 15.5 Å². The second-order valence-electron chi connectivity index (χ2n) is 4.80. The fraction of sp³-hybridized carbons (Fsp3) is 0.400. The molecule has 0 bridgehead atoms. The molecular weight excluding hydrogens is 316 g/mol. The summed E-state index contributed by atoms with van der Waals surface area (Å²) < 4.78 is 0.791. The minimum absolute atomic E-state index is 0.00120. The molecule has 2 N–H and O–H groups in total. The predicted octanol–water partition coefficient (Wildman–Crippen LogP) is 3.11. The molecule has 1 atom stereocenters. The summed E-state index contributed by atoms with van der Waals surface area (Å²) in [6.45, 7) is 4.12. The zero-order chi connectivity index (χ0) is 15.9. The lowest BCUT2D eigenvalue weighted by molar-refractivity contribution is -0.119.